The number of rotatable bonds is 16. The Balaban J connectivity index is 0.923. The molecule has 294 valence electrons. The lowest BCUT2D eigenvalue weighted by atomic mass is 9.65. The highest BCUT2D eigenvalue weighted by Crippen LogP contribution is 2.77. The number of cyclic esters (lactones) is 1. The molecule has 7 aliphatic rings. The molecule has 0 radical (unpaired) electrons. The second kappa shape index (κ2) is 13.6. The van der Waals surface area contributed by atoms with E-state index in [1.54, 1.807) is 35.4 Å². The fourth-order valence-electron chi connectivity index (χ4n) is 12.5. The molecule has 10 rings (SSSR count). The number of aliphatic hydroxyl groups is 3. The number of halogens is 1. The topological polar surface area (TPSA) is 162 Å². The van der Waals surface area contributed by atoms with E-state index in [9.17, 15) is 20.1 Å². The molecular weight excluding hydrogens is 709 g/mol. The molecule has 12 atom stereocenters. The van der Waals surface area contributed by atoms with Crippen LogP contribution in [-0.4, -0.2) is 114 Å². The van der Waals surface area contributed by atoms with Crippen LogP contribution in [-0.2, 0) is 25.5 Å². The number of amides is 1. The second-order valence-electron chi connectivity index (χ2n) is 17.4. The van der Waals surface area contributed by atoms with Crippen LogP contribution in [0.1, 0.15) is 37.3 Å². The molecule has 3 saturated carbocycles. The summed E-state index contributed by atoms with van der Waals surface area (Å²) in [5, 5.41) is 39.1. The summed E-state index contributed by atoms with van der Waals surface area (Å²) in [5.74, 6) is 1.19. The summed E-state index contributed by atoms with van der Waals surface area (Å²) in [6, 6.07) is 8.72. The van der Waals surface area contributed by atoms with Crippen LogP contribution in [0, 0.1) is 63.5 Å². The number of hydrogen-bond donors (Lipinski definition) is 3. The van der Waals surface area contributed by atoms with Gasteiger partial charge in [0, 0.05) is 71.2 Å². The third-order valence-corrected chi connectivity index (χ3v) is 15.4. The number of fused-ring (bicyclic) bond motifs is 3. The summed E-state index contributed by atoms with van der Waals surface area (Å²) in [5.41, 5.74) is 1.98. The van der Waals surface area contributed by atoms with Crippen molar-refractivity contribution in [3.05, 3.63) is 60.4 Å². The van der Waals surface area contributed by atoms with Crippen LogP contribution < -0.4 is 4.90 Å². The average Bonchev–Trinajstić information content (AvgIpc) is 3.67. The summed E-state index contributed by atoms with van der Waals surface area (Å²) >= 11 is 0. The van der Waals surface area contributed by atoms with Gasteiger partial charge in [0.1, 0.15) is 11.9 Å². The van der Waals surface area contributed by atoms with E-state index < -0.39 is 18.0 Å². The molecule has 11 unspecified atom stereocenters. The highest BCUT2D eigenvalue weighted by molar-refractivity contribution is 5.90. The van der Waals surface area contributed by atoms with Crippen molar-refractivity contribution >= 4 is 11.8 Å². The quantitative estimate of drug-likeness (QED) is 0.183. The highest BCUT2D eigenvalue weighted by Gasteiger charge is 2.78. The number of aromatic nitrogens is 4. The normalized spacial score (nSPS) is 37.7. The van der Waals surface area contributed by atoms with Gasteiger partial charge in [-0.05, 0) is 78.5 Å². The van der Waals surface area contributed by atoms with Crippen molar-refractivity contribution in [2.75, 3.05) is 70.9 Å². The van der Waals surface area contributed by atoms with E-state index in [1.807, 2.05) is 12.1 Å². The van der Waals surface area contributed by atoms with E-state index in [1.165, 1.54) is 11.0 Å². The van der Waals surface area contributed by atoms with Gasteiger partial charge in [0.05, 0.1) is 64.6 Å². The van der Waals surface area contributed by atoms with E-state index >= 15 is 4.39 Å². The third-order valence-electron chi connectivity index (χ3n) is 15.4. The molecule has 2 aromatic heterocycles. The van der Waals surface area contributed by atoms with Crippen LogP contribution in [0.15, 0.2) is 48.9 Å². The lowest BCUT2D eigenvalue weighted by molar-refractivity contribution is 0.0440. The number of carbonyl (C=O) groups is 1. The van der Waals surface area contributed by atoms with Crippen molar-refractivity contribution in [2.45, 2.75) is 44.2 Å². The molecule has 55 heavy (non-hydrogen) atoms. The predicted molar refractivity (Wildman–Crippen MR) is 194 cm³/mol. The summed E-state index contributed by atoms with van der Waals surface area (Å²) < 4.78 is 41.1. The number of pyridine rings is 1. The zero-order valence-corrected chi connectivity index (χ0v) is 30.9. The van der Waals surface area contributed by atoms with Crippen molar-refractivity contribution in [3.63, 3.8) is 0 Å². The van der Waals surface area contributed by atoms with Gasteiger partial charge in [0.2, 0.25) is 0 Å². The van der Waals surface area contributed by atoms with Gasteiger partial charge in [0.25, 0.3) is 0 Å². The highest BCUT2D eigenvalue weighted by atomic mass is 19.1. The van der Waals surface area contributed by atoms with E-state index in [0.717, 1.165) is 44.6 Å². The molecule has 3 aliphatic carbocycles. The Morgan fingerprint density at radius 2 is 1.64 bits per heavy atom. The van der Waals surface area contributed by atoms with Gasteiger partial charge in [-0.3, -0.25) is 9.88 Å². The maximum absolute atomic E-state index is 15.9. The van der Waals surface area contributed by atoms with Crippen LogP contribution in [0.5, 0.6) is 0 Å². The number of unbranched alkanes of at least 4 members (excludes halogenated alkanes) is 1. The Bertz CT molecular complexity index is 1890. The molecule has 0 bridgehead atoms. The molecular formula is C41H50FN5O8. The molecule has 6 heterocycles. The van der Waals surface area contributed by atoms with Crippen molar-refractivity contribution in [2.24, 2.45) is 57.7 Å². The maximum atomic E-state index is 15.9. The minimum Gasteiger partial charge on any atom is -0.442 e. The number of ether oxygens (including phenoxy) is 4. The summed E-state index contributed by atoms with van der Waals surface area (Å²) in [7, 11) is 0. The van der Waals surface area contributed by atoms with E-state index in [4.69, 9.17) is 23.9 Å². The standard InChI is InChI=1S/C41H50FN5O8/c42-35-11-25(47-14-26(55-38(47)51)13-46-10-9-44-45-46)5-6-27(35)24-4-7-36(43-12-24)37(41-23-54-20-34(41)31(41)17-50)28(40-22-53-19-33(40)30(40)16-49)3-1-2-8-39-21-52-18-32(39)29(39)15-48/h4-7,9-12,26,28-34,37,48-50H,1-3,8,13-23H2/t26-,28?,29?,30?,31?,32?,33?,34?,37?,39?,40?,41?/m0/s1. The van der Waals surface area contributed by atoms with Crippen LogP contribution in [0.3, 0.4) is 0 Å². The Kier molecular flexibility index (Phi) is 8.83. The molecule has 14 heteroatoms. The van der Waals surface area contributed by atoms with Crippen LogP contribution in [0.25, 0.3) is 11.1 Å². The molecule has 3 aromatic rings. The van der Waals surface area contributed by atoms with Gasteiger partial charge in [-0.1, -0.05) is 24.1 Å². The summed E-state index contributed by atoms with van der Waals surface area (Å²) in [4.78, 5) is 19.3. The minimum absolute atomic E-state index is 0.0438. The number of anilines is 1. The zero-order chi connectivity index (χ0) is 37.5. The fraction of sp³-hybridized carbons (Fsp3) is 0.659. The molecule has 7 fully saturated rings. The second-order valence-corrected chi connectivity index (χ2v) is 17.4. The number of carbonyl (C=O) groups excluding carboxylic acids is 1. The first kappa shape index (κ1) is 35.9. The molecule has 4 saturated heterocycles. The Labute approximate surface area is 319 Å². The van der Waals surface area contributed by atoms with Crippen LogP contribution in [0.4, 0.5) is 14.9 Å². The molecule has 4 aliphatic heterocycles. The first-order valence-electron chi connectivity index (χ1n) is 20.0. The zero-order valence-electron chi connectivity index (χ0n) is 30.9. The fourth-order valence-corrected chi connectivity index (χ4v) is 12.5. The van der Waals surface area contributed by atoms with Crippen molar-refractivity contribution in [3.8, 4) is 11.1 Å². The number of aliphatic hydroxyl groups excluding tert-OH is 3. The van der Waals surface area contributed by atoms with Crippen LogP contribution >= 0.6 is 0 Å². The van der Waals surface area contributed by atoms with Gasteiger partial charge in [-0.2, -0.15) is 0 Å². The molecule has 0 spiro atoms. The monoisotopic (exact) mass is 759 g/mol. The van der Waals surface area contributed by atoms with E-state index in [0.29, 0.717) is 61.6 Å². The summed E-state index contributed by atoms with van der Waals surface area (Å²) in [6.07, 6.45) is 8.01. The Morgan fingerprint density at radius 3 is 2.31 bits per heavy atom. The van der Waals surface area contributed by atoms with E-state index in [2.05, 4.69) is 10.3 Å². The van der Waals surface area contributed by atoms with Crippen molar-refractivity contribution in [1.82, 2.24) is 20.0 Å². The van der Waals surface area contributed by atoms with Crippen molar-refractivity contribution in [1.29, 1.82) is 0 Å². The van der Waals surface area contributed by atoms with Gasteiger partial charge in [-0.15, -0.1) is 5.10 Å². The molecule has 13 nitrogen and oxygen atoms in total. The third kappa shape index (κ3) is 5.45. The average molecular weight is 760 g/mol. The largest absolute Gasteiger partial charge is 0.442 e. The van der Waals surface area contributed by atoms with Crippen molar-refractivity contribution < 1.29 is 43.5 Å². The SMILES string of the molecule is O=C1O[C@@H](Cn2ccnn2)CN1c1ccc(-c2ccc(C(C(CCCCC34COCC3C4CO)C34COCC3C4CO)C34COCC3C4CO)nc2)c(F)c1. The first-order valence-corrected chi connectivity index (χ1v) is 20.0. The number of nitrogens with zero attached hydrogens (tertiary/aromatic N) is 5. The maximum Gasteiger partial charge on any atom is 0.414 e. The molecule has 3 N–H and O–H groups in total. The Hall–Kier alpha value is -3.53. The van der Waals surface area contributed by atoms with Gasteiger partial charge >= 0.3 is 6.09 Å². The Morgan fingerprint density at radius 1 is 0.891 bits per heavy atom. The smallest absolute Gasteiger partial charge is 0.414 e. The van der Waals surface area contributed by atoms with E-state index in [-0.39, 0.29) is 78.1 Å². The lowest BCUT2D eigenvalue weighted by Crippen LogP contribution is -2.36. The van der Waals surface area contributed by atoms with Gasteiger partial charge in [0.15, 0.2) is 0 Å². The van der Waals surface area contributed by atoms with Gasteiger partial charge < -0.3 is 34.3 Å². The lowest BCUT2D eigenvalue weighted by Gasteiger charge is -2.39. The first-order chi connectivity index (χ1) is 26.9. The summed E-state index contributed by atoms with van der Waals surface area (Å²) in [6.45, 7) is 4.93. The van der Waals surface area contributed by atoms with Crippen LogP contribution in [0.2, 0.25) is 0 Å². The van der Waals surface area contributed by atoms with Gasteiger partial charge in [-0.25, -0.2) is 13.9 Å². The predicted octanol–water partition coefficient (Wildman–Crippen LogP) is 3.53. The molecule has 1 amide bonds. The number of hydrogen-bond acceptors (Lipinski definition) is 11. The number of benzene rings is 1. The molecule has 1 aromatic carbocycles. The minimum atomic E-state index is -0.537.